The summed E-state index contributed by atoms with van der Waals surface area (Å²) in [4.78, 5) is 17.1. The Hall–Kier alpha value is -2.30. The van der Waals surface area contributed by atoms with Crippen molar-refractivity contribution in [3.8, 4) is 0 Å². The van der Waals surface area contributed by atoms with Gasteiger partial charge in [0.1, 0.15) is 0 Å². The summed E-state index contributed by atoms with van der Waals surface area (Å²) >= 11 is 0. The van der Waals surface area contributed by atoms with Crippen molar-refractivity contribution in [1.82, 2.24) is 14.7 Å². The number of nitrogens with zero attached hydrogens (tertiary/aromatic N) is 4. The normalized spacial score (nSPS) is 17.1. The first-order chi connectivity index (χ1) is 12.1. The standard InChI is InChI=1S/C20H28N4O/c1-4-11-24-15-19(16(2)21-24)20(25)22(3)13-17-10-12-23(14-17)18-8-6-5-7-9-18/h5-9,15,17H,4,10-14H2,1-3H3. The van der Waals surface area contributed by atoms with Crippen molar-refractivity contribution in [3.05, 3.63) is 47.8 Å². The number of rotatable bonds is 6. The topological polar surface area (TPSA) is 41.4 Å². The molecular formula is C20H28N4O. The lowest BCUT2D eigenvalue weighted by molar-refractivity contribution is 0.0775. The molecule has 5 nitrogen and oxygen atoms in total. The molecule has 1 fully saturated rings. The van der Waals surface area contributed by atoms with E-state index in [2.05, 4.69) is 41.2 Å². The molecule has 1 aliphatic rings. The van der Waals surface area contributed by atoms with Crippen molar-refractivity contribution in [2.24, 2.45) is 5.92 Å². The monoisotopic (exact) mass is 340 g/mol. The van der Waals surface area contributed by atoms with Crippen LogP contribution in [0.5, 0.6) is 0 Å². The highest BCUT2D eigenvalue weighted by Crippen LogP contribution is 2.24. The van der Waals surface area contributed by atoms with Crippen LogP contribution in [0, 0.1) is 12.8 Å². The van der Waals surface area contributed by atoms with Crippen LogP contribution in [0.25, 0.3) is 0 Å². The molecule has 1 aromatic heterocycles. The number of hydrogen-bond acceptors (Lipinski definition) is 3. The molecular weight excluding hydrogens is 312 g/mol. The van der Waals surface area contributed by atoms with Crippen LogP contribution in [0.2, 0.25) is 0 Å². The molecule has 1 unspecified atom stereocenters. The van der Waals surface area contributed by atoms with Crippen molar-refractivity contribution in [2.45, 2.75) is 33.2 Å². The third-order valence-corrected chi connectivity index (χ3v) is 4.92. The Morgan fingerprint density at radius 1 is 1.32 bits per heavy atom. The number of carbonyl (C=O) groups is 1. The van der Waals surface area contributed by atoms with Gasteiger partial charge in [0.05, 0.1) is 11.3 Å². The van der Waals surface area contributed by atoms with Gasteiger partial charge in [-0.05, 0) is 37.8 Å². The molecule has 2 aromatic rings. The molecule has 1 saturated heterocycles. The summed E-state index contributed by atoms with van der Waals surface area (Å²) in [6.07, 6.45) is 4.03. The second kappa shape index (κ2) is 7.72. The zero-order valence-corrected chi connectivity index (χ0v) is 15.5. The van der Waals surface area contributed by atoms with Crippen LogP contribution in [0.3, 0.4) is 0 Å². The minimum absolute atomic E-state index is 0.0815. The first-order valence-corrected chi connectivity index (χ1v) is 9.18. The Kier molecular flexibility index (Phi) is 5.41. The molecule has 1 aromatic carbocycles. The fraction of sp³-hybridized carbons (Fsp3) is 0.500. The average molecular weight is 340 g/mol. The van der Waals surface area contributed by atoms with Gasteiger partial charge >= 0.3 is 0 Å². The van der Waals surface area contributed by atoms with Crippen molar-refractivity contribution in [3.63, 3.8) is 0 Å². The van der Waals surface area contributed by atoms with E-state index in [0.29, 0.717) is 5.92 Å². The third kappa shape index (κ3) is 4.03. The van der Waals surface area contributed by atoms with Crippen LogP contribution in [0.15, 0.2) is 36.5 Å². The number of hydrogen-bond donors (Lipinski definition) is 0. The van der Waals surface area contributed by atoms with E-state index in [1.165, 1.54) is 5.69 Å². The lowest BCUT2D eigenvalue weighted by Crippen LogP contribution is -2.33. The largest absolute Gasteiger partial charge is 0.371 e. The predicted octanol–water partition coefficient (Wildman–Crippen LogP) is 3.20. The molecule has 0 aliphatic carbocycles. The number of para-hydroxylation sites is 1. The summed E-state index contributed by atoms with van der Waals surface area (Å²) in [5.74, 6) is 0.596. The summed E-state index contributed by atoms with van der Waals surface area (Å²) in [5.41, 5.74) is 2.83. The van der Waals surface area contributed by atoms with E-state index in [1.54, 1.807) is 0 Å². The lowest BCUT2D eigenvalue weighted by atomic mass is 10.1. The van der Waals surface area contributed by atoms with E-state index >= 15 is 0 Å². The van der Waals surface area contributed by atoms with Gasteiger partial charge in [0.2, 0.25) is 0 Å². The van der Waals surface area contributed by atoms with Crippen LogP contribution in [-0.4, -0.2) is 47.3 Å². The molecule has 0 saturated carbocycles. The fourth-order valence-electron chi connectivity index (χ4n) is 3.60. The van der Waals surface area contributed by atoms with E-state index in [0.717, 1.165) is 50.3 Å². The molecule has 0 N–H and O–H groups in total. The van der Waals surface area contributed by atoms with Crippen LogP contribution in [-0.2, 0) is 6.54 Å². The van der Waals surface area contributed by atoms with Gasteiger partial charge in [-0.3, -0.25) is 9.48 Å². The van der Waals surface area contributed by atoms with Crippen LogP contribution < -0.4 is 4.90 Å². The number of benzene rings is 1. The first kappa shape index (κ1) is 17.5. The number of aryl methyl sites for hydroxylation is 2. The molecule has 0 spiro atoms. The molecule has 0 bridgehead atoms. The number of carbonyl (C=O) groups excluding carboxylic acids is 1. The second-order valence-electron chi connectivity index (χ2n) is 7.01. The maximum absolute atomic E-state index is 12.8. The highest BCUT2D eigenvalue weighted by atomic mass is 16.2. The Balaban J connectivity index is 1.59. The number of amides is 1. The Bertz CT molecular complexity index is 710. The van der Waals surface area contributed by atoms with Crippen LogP contribution in [0.4, 0.5) is 5.69 Å². The van der Waals surface area contributed by atoms with Gasteiger partial charge < -0.3 is 9.80 Å². The zero-order valence-electron chi connectivity index (χ0n) is 15.5. The van der Waals surface area contributed by atoms with Crippen molar-refractivity contribution < 1.29 is 4.79 Å². The maximum Gasteiger partial charge on any atom is 0.257 e. The number of anilines is 1. The van der Waals surface area contributed by atoms with Gasteiger partial charge in [0, 0.05) is 45.1 Å². The van der Waals surface area contributed by atoms with Crippen molar-refractivity contribution >= 4 is 11.6 Å². The quantitative estimate of drug-likeness (QED) is 0.811. The van der Waals surface area contributed by atoms with Crippen LogP contribution >= 0.6 is 0 Å². The molecule has 0 radical (unpaired) electrons. The molecule has 5 heteroatoms. The second-order valence-corrected chi connectivity index (χ2v) is 7.01. The Morgan fingerprint density at radius 3 is 2.80 bits per heavy atom. The van der Waals surface area contributed by atoms with E-state index in [-0.39, 0.29) is 5.91 Å². The van der Waals surface area contributed by atoms with E-state index in [4.69, 9.17) is 0 Å². The van der Waals surface area contributed by atoms with Gasteiger partial charge in [0.15, 0.2) is 0 Å². The van der Waals surface area contributed by atoms with E-state index in [9.17, 15) is 4.79 Å². The first-order valence-electron chi connectivity index (χ1n) is 9.18. The summed E-state index contributed by atoms with van der Waals surface area (Å²) in [5, 5.41) is 4.45. The predicted molar refractivity (Wildman–Crippen MR) is 101 cm³/mol. The SMILES string of the molecule is CCCn1cc(C(=O)N(C)CC2CCN(c3ccccc3)C2)c(C)n1. The van der Waals surface area contributed by atoms with E-state index < -0.39 is 0 Å². The lowest BCUT2D eigenvalue weighted by Gasteiger charge is -2.22. The molecule has 2 heterocycles. The Morgan fingerprint density at radius 2 is 2.08 bits per heavy atom. The molecule has 3 rings (SSSR count). The van der Waals surface area contributed by atoms with Crippen molar-refractivity contribution in [2.75, 3.05) is 31.6 Å². The molecule has 25 heavy (non-hydrogen) atoms. The molecule has 1 atom stereocenters. The molecule has 134 valence electrons. The summed E-state index contributed by atoms with van der Waals surface area (Å²) in [7, 11) is 1.91. The summed E-state index contributed by atoms with van der Waals surface area (Å²) in [6.45, 7) is 7.75. The fourth-order valence-corrected chi connectivity index (χ4v) is 3.60. The van der Waals surface area contributed by atoms with Gasteiger partial charge in [0.25, 0.3) is 5.91 Å². The minimum Gasteiger partial charge on any atom is -0.371 e. The van der Waals surface area contributed by atoms with Crippen LogP contribution in [0.1, 0.15) is 35.8 Å². The number of aromatic nitrogens is 2. The smallest absolute Gasteiger partial charge is 0.257 e. The van der Waals surface area contributed by atoms with Crippen molar-refractivity contribution in [1.29, 1.82) is 0 Å². The van der Waals surface area contributed by atoms with Gasteiger partial charge in [-0.2, -0.15) is 5.10 Å². The van der Waals surface area contributed by atoms with Gasteiger partial charge in [-0.1, -0.05) is 25.1 Å². The van der Waals surface area contributed by atoms with Gasteiger partial charge in [-0.25, -0.2) is 0 Å². The Labute approximate surface area is 150 Å². The van der Waals surface area contributed by atoms with E-state index in [1.807, 2.05) is 35.8 Å². The molecule has 1 aliphatic heterocycles. The highest BCUT2D eigenvalue weighted by Gasteiger charge is 2.26. The van der Waals surface area contributed by atoms with Gasteiger partial charge in [-0.15, -0.1) is 0 Å². The highest BCUT2D eigenvalue weighted by molar-refractivity contribution is 5.94. The summed E-state index contributed by atoms with van der Waals surface area (Å²) < 4.78 is 1.88. The minimum atomic E-state index is 0.0815. The third-order valence-electron chi connectivity index (χ3n) is 4.92. The summed E-state index contributed by atoms with van der Waals surface area (Å²) in [6, 6.07) is 10.5. The molecule has 1 amide bonds. The zero-order chi connectivity index (χ0) is 17.8. The average Bonchev–Trinajstić information content (AvgIpc) is 3.22. The maximum atomic E-state index is 12.8.